The second kappa shape index (κ2) is 9.60. The fraction of sp³-hybridized carbons (Fsp3) is 0.440. The van der Waals surface area contributed by atoms with Gasteiger partial charge >= 0.3 is 0 Å². The number of terminal acetylenes is 1. The molecular weight excluding hydrogens is 314 g/mol. The van der Waals surface area contributed by atoms with E-state index in [9.17, 15) is 0 Å². The Morgan fingerprint density at radius 1 is 1.35 bits per heavy atom. The van der Waals surface area contributed by atoms with Gasteiger partial charge in [0.15, 0.2) is 0 Å². The summed E-state index contributed by atoms with van der Waals surface area (Å²) in [6, 6.07) is 11.5. The molecule has 0 bridgehead atoms. The number of benzene rings is 1. The average Bonchev–Trinajstić information content (AvgIpc) is 2.91. The summed E-state index contributed by atoms with van der Waals surface area (Å²) in [7, 11) is 2.28. The van der Waals surface area contributed by atoms with Gasteiger partial charge < -0.3 is 4.90 Å². The highest BCUT2D eigenvalue weighted by atomic mass is 15.2. The Morgan fingerprint density at radius 2 is 2.08 bits per heavy atom. The Bertz CT molecular complexity index is 701. The van der Waals surface area contributed by atoms with Gasteiger partial charge in [0, 0.05) is 19.0 Å². The van der Waals surface area contributed by atoms with Gasteiger partial charge in [0.1, 0.15) is 0 Å². The van der Waals surface area contributed by atoms with Crippen molar-refractivity contribution in [2.24, 2.45) is 5.41 Å². The zero-order chi connectivity index (χ0) is 19.0. The van der Waals surface area contributed by atoms with E-state index in [1.807, 2.05) is 0 Å². The molecule has 0 spiro atoms. The van der Waals surface area contributed by atoms with Gasteiger partial charge in [0.25, 0.3) is 0 Å². The predicted octanol–water partition coefficient (Wildman–Crippen LogP) is 5.80. The van der Waals surface area contributed by atoms with Crippen molar-refractivity contribution in [1.82, 2.24) is 4.90 Å². The number of hydrogen-bond acceptors (Lipinski definition) is 1. The second-order valence-electron chi connectivity index (χ2n) is 7.95. The Labute approximate surface area is 160 Å². The van der Waals surface area contributed by atoms with Crippen LogP contribution in [0.1, 0.15) is 45.6 Å². The van der Waals surface area contributed by atoms with Crippen LogP contribution in [-0.4, -0.2) is 24.5 Å². The summed E-state index contributed by atoms with van der Waals surface area (Å²) in [6.45, 7) is 7.92. The van der Waals surface area contributed by atoms with Crippen molar-refractivity contribution in [3.63, 3.8) is 0 Å². The molecule has 2 rings (SSSR count). The summed E-state index contributed by atoms with van der Waals surface area (Å²) >= 11 is 0. The van der Waals surface area contributed by atoms with Gasteiger partial charge in [0.2, 0.25) is 0 Å². The van der Waals surface area contributed by atoms with E-state index in [4.69, 9.17) is 6.42 Å². The molecule has 1 heteroatoms. The smallest absolute Gasteiger partial charge is 0.0270 e. The van der Waals surface area contributed by atoms with Crippen LogP contribution in [-0.2, 0) is 6.42 Å². The predicted molar refractivity (Wildman–Crippen MR) is 114 cm³/mol. The monoisotopic (exact) mass is 347 g/mol. The van der Waals surface area contributed by atoms with Gasteiger partial charge in [-0.1, -0.05) is 67.1 Å². The van der Waals surface area contributed by atoms with Crippen LogP contribution >= 0.6 is 0 Å². The molecule has 2 atom stereocenters. The van der Waals surface area contributed by atoms with Gasteiger partial charge in [-0.3, -0.25) is 0 Å². The quantitative estimate of drug-likeness (QED) is 0.445. The number of nitrogens with zero attached hydrogens (tertiary/aromatic N) is 1. The molecule has 1 nitrogen and oxygen atoms in total. The third kappa shape index (κ3) is 5.75. The lowest BCUT2D eigenvalue weighted by Crippen LogP contribution is -2.27. The molecule has 1 aromatic rings. The van der Waals surface area contributed by atoms with Crippen LogP contribution in [0.2, 0.25) is 0 Å². The van der Waals surface area contributed by atoms with Crippen molar-refractivity contribution < 1.29 is 0 Å². The minimum absolute atomic E-state index is 0.342. The molecule has 0 saturated carbocycles. The standard InChI is InChI=1S/C25H33N/c1-6-8-9-13-16-23(21(3)7-2)17-24-19-25(4,20-26(24)5)18-22-14-11-10-12-15-22/h1,7,9-16,24H,8,17-20H2,2-5H3/b13-9-,21-7+,23-16-. The summed E-state index contributed by atoms with van der Waals surface area (Å²) in [4.78, 5) is 2.55. The lowest BCUT2D eigenvalue weighted by molar-refractivity contribution is 0.285. The maximum absolute atomic E-state index is 5.33. The maximum atomic E-state index is 5.33. The summed E-state index contributed by atoms with van der Waals surface area (Å²) in [6.07, 6.45) is 18.1. The van der Waals surface area contributed by atoms with Crippen LogP contribution in [0.4, 0.5) is 0 Å². The second-order valence-corrected chi connectivity index (χ2v) is 7.95. The number of likely N-dealkylation sites (tertiary alicyclic amines) is 1. The maximum Gasteiger partial charge on any atom is 0.0270 e. The minimum Gasteiger partial charge on any atom is -0.303 e. The zero-order valence-electron chi connectivity index (χ0n) is 16.8. The van der Waals surface area contributed by atoms with Crippen LogP contribution in [0.5, 0.6) is 0 Å². The van der Waals surface area contributed by atoms with Crippen molar-refractivity contribution >= 4 is 0 Å². The number of rotatable bonds is 7. The molecule has 0 amide bonds. The molecule has 0 N–H and O–H groups in total. The molecule has 1 saturated heterocycles. The lowest BCUT2D eigenvalue weighted by Gasteiger charge is -2.23. The van der Waals surface area contributed by atoms with Crippen molar-refractivity contribution in [2.75, 3.05) is 13.6 Å². The van der Waals surface area contributed by atoms with Gasteiger partial charge in [-0.2, -0.15) is 0 Å². The molecule has 1 aliphatic rings. The van der Waals surface area contributed by atoms with E-state index in [0.29, 0.717) is 17.9 Å². The van der Waals surface area contributed by atoms with E-state index in [1.165, 1.54) is 23.1 Å². The molecule has 0 aromatic heterocycles. The van der Waals surface area contributed by atoms with Crippen LogP contribution in [0.25, 0.3) is 0 Å². The molecule has 1 aromatic carbocycles. The Balaban J connectivity index is 2.08. The fourth-order valence-electron chi connectivity index (χ4n) is 4.09. The number of hydrogen-bond donors (Lipinski definition) is 0. The fourth-order valence-corrected chi connectivity index (χ4v) is 4.09. The van der Waals surface area contributed by atoms with Crippen molar-refractivity contribution in [3.05, 3.63) is 71.3 Å². The molecule has 0 radical (unpaired) electrons. The molecule has 1 heterocycles. The zero-order valence-corrected chi connectivity index (χ0v) is 16.8. The minimum atomic E-state index is 0.342. The van der Waals surface area contributed by atoms with Gasteiger partial charge in [-0.05, 0) is 56.7 Å². The first-order valence-corrected chi connectivity index (χ1v) is 9.64. The van der Waals surface area contributed by atoms with Crippen LogP contribution in [0.3, 0.4) is 0 Å². The van der Waals surface area contributed by atoms with E-state index >= 15 is 0 Å². The topological polar surface area (TPSA) is 3.24 Å². The third-order valence-electron chi connectivity index (χ3n) is 5.52. The summed E-state index contributed by atoms with van der Waals surface area (Å²) in [5, 5.41) is 0. The highest BCUT2D eigenvalue weighted by molar-refractivity contribution is 5.33. The number of allylic oxidation sites excluding steroid dienone is 5. The molecule has 1 fully saturated rings. The largest absolute Gasteiger partial charge is 0.303 e. The van der Waals surface area contributed by atoms with Crippen molar-refractivity contribution in [2.45, 2.75) is 52.5 Å². The van der Waals surface area contributed by atoms with Crippen LogP contribution < -0.4 is 0 Å². The van der Waals surface area contributed by atoms with Crippen LogP contribution in [0, 0.1) is 17.8 Å². The van der Waals surface area contributed by atoms with E-state index < -0.39 is 0 Å². The van der Waals surface area contributed by atoms with Gasteiger partial charge in [0.05, 0.1) is 0 Å². The Kier molecular flexibility index (Phi) is 7.49. The summed E-state index contributed by atoms with van der Waals surface area (Å²) < 4.78 is 0. The summed E-state index contributed by atoms with van der Waals surface area (Å²) in [5.74, 6) is 2.66. The van der Waals surface area contributed by atoms with E-state index in [1.54, 1.807) is 0 Å². The van der Waals surface area contributed by atoms with Crippen molar-refractivity contribution in [1.29, 1.82) is 0 Å². The van der Waals surface area contributed by atoms with E-state index in [-0.39, 0.29) is 0 Å². The SMILES string of the molecule is C#CC\C=C/C=C(CC1CC(C)(Cc2ccccc2)CN1C)\C(C)=C\C. The Morgan fingerprint density at radius 3 is 2.73 bits per heavy atom. The average molecular weight is 348 g/mol. The van der Waals surface area contributed by atoms with Crippen LogP contribution in [0.15, 0.2) is 65.8 Å². The lowest BCUT2D eigenvalue weighted by atomic mass is 9.80. The molecule has 1 aliphatic heterocycles. The highest BCUT2D eigenvalue weighted by Gasteiger charge is 2.38. The normalized spacial score (nSPS) is 25.0. The highest BCUT2D eigenvalue weighted by Crippen LogP contribution is 2.39. The molecule has 0 aliphatic carbocycles. The summed E-state index contributed by atoms with van der Waals surface area (Å²) in [5.41, 5.74) is 4.57. The van der Waals surface area contributed by atoms with Gasteiger partial charge in [-0.15, -0.1) is 12.3 Å². The van der Waals surface area contributed by atoms with E-state index in [2.05, 4.69) is 93.3 Å². The van der Waals surface area contributed by atoms with Crippen molar-refractivity contribution in [3.8, 4) is 12.3 Å². The third-order valence-corrected chi connectivity index (χ3v) is 5.52. The molecule has 26 heavy (non-hydrogen) atoms. The first-order valence-electron chi connectivity index (χ1n) is 9.64. The molecular formula is C25H33N. The molecule has 2 unspecified atom stereocenters. The Hall–Kier alpha value is -2.04. The first-order chi connectivity index (χ1) is 12.5. The van der Waals surface area contributed by atoms with Gasteiger partial charge in [-0.25, -0.2) is 0 Å². The first kappa shape index (κ1) is 20.3. The molecule has 138 valence electrons. The van der Waals surface area contributed by atoms with E-state index in [0.717, 1.165) is 19.4 Å².